The number of nitrogens with one attached hydrogen (secondary N) is 1. The molecular weight excluding hydrogens is 284 g/mol. The maximum atomic E-state index is 6.45. The fourth-order valence-corrected chi connectivity index (χ4v) is 6.15. The lowest BCUT2D eigenvalue weighted by atomic mass is 9.74. The molecule has 0 spiro atoms. The summed E-state index contributed by atoms with van der Waals surface area (Å²) in [6.45, 7) is 2.50. The van der Waals surface area contributed by atoms with Gasteiger partial charge in [-0.25, -0.2) is 5.01 Å². The molecule has 4 aliphatic rings. The van der Waals surface area contributed by atoms with Gasteiger partial charge in [-0.1, -0.05) is 19.3 Å². The van der Waals surface area contributed by atoms with Gasteiger partial charge in [0, 0.05) is 30.7 Å². The Bertz CT molecular complexity index is 385. The summed E-state index contributed by atoms with van der Waals surface area (Å²) >= 11 is 0. The number of hydrogen-bond acceptors (Lipinski definition) is 4. The van der Waals surface area contributed by atoms with Gasteiger partial charge in [0.05, 0.1) is 0 Å². The van der Waals surface area contributed by atoms with Gasteiger partial charge in [-0.05, 0) is 70.4 Å². The van der Waals surface area contributed by atoms with E-state index in [9.17, 15) is 0 Å². The van der Waals surface area contributed by atoms with E-state index in [4.69, 9.17) is 5.73 Å². The van der Waals surface area contributed by atoms with Crippen molar-refractivity contribution in [2.24, 2.45) is 17.6 Å². The molecule has 2 aliphatic carbocycles. The second-order valence-electron chi connectivity index (χ2n) is 8.68. The quantitative estimate of drug-likeness (QED) is 0.820. The summed E-state index contributed by atoms with van der Waals surface area (Å²) in [4.78, 5) is 2.64. The normalized spacial score (nSPS) is 46.2. The van der Waals surface area contributed by atoms with Crippen LogP contribution in [0.1, 0.15) is 64.2 Å². The molecule has 2 heterocycles. The standard InChI is InChI=1S/C19H36N4/c1-22-13-11-17(15-6-2-3-9-18(15)22)21-23-12-5-7-14-16(20)8-4-10-19(14)23/h14-19,21H,2-13,20H2,1H3. The van der Waals surface area contributed by atoms with Crippen LogP contribution in [0.15, 0.2) is 0 Å². The van der Waals surface area contributed by atoms with Gasteiger partial charge in [0.25, 0.3) is 0 Å². The Labute approximate surface area is 142 Å². The number of hydrazine groups is 1. The molecule has 0 bridgehead atoms. The third-order valence-electron chi connectivity index (χ3n) is 7.41. The Morgan fingerprint density at radius 1 is 0.783 bits per heavy atom. The van der Waals surface area contributed by atoms with E-state index < -0.39 is 0 Å². The summed E-state index contributed by atoms with van der Waals surface area (Å²) in [6, 6.07) is 2.67. The van der Waals surface area contributed by atoms with Crippen LogP contribution in [-0.2, 0) is 0 Å². The van der Waals surface area contributed by atoms with Crippen LogP contribution in [0.3, 0.4) is 0 Å². The summed E-state index contributed by atoms with van der Waals surface area (Å²) in [6.07, 6.45) is 13.6. The van der Waals surface area contributed by atoms with Crippen molar-refractivity contribution in [2.45, 2.75) is 88.4 Å². The van der Waals surface area contributed by atoms with Crippen LogP contribution in [-0.4, -0.2) is 54.2 Å². The molecule has 2 aliphatic heterocycles. The van der Waals surface area contributed by atoms with Crippen LogP contribution < -0.4 is 11.2 Å². The highest BCUT2D eigenvalue weighted by molar-refractivity contribution is 4.97. The summed E-state index contributed by atoms with van der Waals surface area (Å²) in [5, 5.41) is 2.65. The maximum absolute atomic E-state index is 6.45. The number of rotatable bonds is 2. The minimum atomic E-state index is 0.443. The minimum absolute atomic E-state index is 0.443. The van der Waals surface area contributed by atoms with Crippen LogP contribution in [0, 0.1) is 11.8 Å². The second kappa shape index (κ2) is 6.99. The molecule has 132 valence electrons. The first-order valence-corrected chi connectivity index (χ1v) is 10.2. The Morgan fingerprint density at radius 3 is 2.48 bits per heavy atom. The van der Waals surface area contributed by atoms with Gasteiger partial charge < -0.3 is 10.6 Å². The molecule has 23 heavy (non-hydrogen) atoms. The monoisotopic (exact) mass is 320 g/mol. The van der Waals surface area contributed by atoms with E-state index in [1.165, 1.54) is 77.3 Å². The Balaban J connectivity index is 1.44. The van der Waals surface area contributed by atoms with Crippen LogP contribution in [0.2, 0.25) is 0 Å². The van der Waals surface area contributed by atoms with E-state index in [1.807, 2.05) is 0 Å². The largest absolute Gasteiger partial charge is 0.327 e. The van der Waals surface area contributed by atoms with Gasteiger partial charge >= 0.3 is 0 Å². The van der Waals surface area contributed by atoms with E-state index in [-0.39, 0.29) is 0 Å². The molecule has 3 N–H and O–H groups in total. The highest BCUT2D eigenvalue weighted by Crippen LogP contribution is 2.37. The summed E-state index contributed by atoms with van der Waals surface area (Å²) < 4.78 is 0. The van der Waals surface area contributed by atoms with Crippen molar-refractivity contribution >= 4 is 0 Å². The lowest BCUT2D eigenvalue weighted by Crippen LogP contribution is -2.64. The molecule has 4 fully saturated rings. The van der Waals surface area contributed by atoms with Gasteiger partial charge in [0.1, 0.15) is 0 Å². The van der Waals surface area contributed by atoms with Crippen LogP contribution >= 0.6 is 0 Å². The van der Waals surface area contributed by atoms with Gasteiger partial charge in [-0.2, -0.15) is 0 Å². The molecule has 2 saturated heterocycles. The molecule has 0 radical (unpaired) electrons. The van der Waals surface area contributed by atoms with Crippen molar-refractivity contribution in [3.8, 4) is 0 Å². The number of likely N-dealkylation sites (tertiary alicyclic amines) is 1. The summed E-state index contributed by atoms with van der Waals surface area (Å²) in [5.74, 6) is 1.60. The fraction of sp³-hybridized carbons (Fsp3) is 1.00. The van der Waals surface area contributed by atoms with E-state index in [1.54, 1.807) is 0 Å². The van der Waals surface area contributed by atoms with Gasteiger partial charge in [-0.3, -0.25) is 5.43 Å². The van der Waals surface area contributed by atoms with Crippen molar-refractivity contribution in [1.29, 1.82) is 0 Å². The van der Waals surface area contributed by atoms with Crippen LogP contribution in [0.5, 0.6) is 0 Å². The fourth-order valence-electron chi connectivity index (χ4n) is 6.15. The molecule has 2 saturated carbocycles. The van der Waals surface area contributed by atoms with Crippen molar-refractivity contribution in [2.75, 3.05) is 20.1 Å². The molecule has 4 rings (SSSR count). The number of hydrogen-bond donors (Lipinski definition) is 2. The van der Waals surface area contributed by atoms with E-state index in [0.717, 1.165) is 17.9 Å². The molecule has 6 unspecified atom stereocenters. The van der Waals surface area contributed by atoms with E-state index in [2.05, 4.69) is 22.4 Å². The molecule has 4 heteroatoms. The maximum Gasteiger partial charge on any atom is 0.0286 e. The van der Waals surface area contributed by atoms with Gasteiger partial charge in [0.15, 0.2) is 0 Å². The topological polar surface area (TPSA) is 44.5 Å². The first-order valence-electron chi connectivity index (χ1n) is 10.2. The predicted molar refractivity (Wildman–Crippen MR) is 95.0 cm³/mol. The first-order chi connectivity index (χ1) is 11.2. The molecule has 0 aromatic rings. The van der Waals surface area contributed by atoms with Gasteiger partial charge in [-0.15, -0.1) is 0 Å². The van der Waals surface area contributed by atoms with Gasteiger partial charge in [0.2, 0.25) is 0 Å². The zero-order chi connectivity index (χ0) is 15.8. The second-order valence-corrected chi connectivity index (χ2v) is 8.68. The van der Waals surface area contributed by atoms with Crippen LogP contribution in [0.4, 0.5) is 0 Å². The number of nitrogens with two attached hydrogens (primary N) is 1. The lowest BCUT2D eigenvalue weighted by molar-refractivity contribution is -0.0373. The Morgan fingerprint density at radius 2 is 1.57 bits per heavy atom. The number of piperidine rings is 2. The third-order valence-corrected chi connectivity index (χ3v) is 7.41. The lowest BCUT2D eigenvalue weighted by Gasteiger charge is -2.52. The SMILES string of the molecule is CN1CCC(NN2CCCC3C(N)CCCC32)C2CCCCC21. The summed E-state index contributed by atoms with van der Waals surface area (Å²) in [5.41, 5.74) is 10.5. The Hall–Kier alpha value is -0.160. The third kappa shape index (κ3) is 3.20. The molecule has 0 amide bonds. The zero-order valence-corrected chi connectivity index (χ0v) is 14.9. The van der Waals surface area contributed by atoms with E-state index >= 15 is 0 Å². The first kappa shape index (κ1) is 16.3. The van der Waals surface area contributed by atoms with Crippen molar-refractivity contribution < 1.29 is 0 Å². The average molecular weight is 321 g/mol. The van der Waals surface area contributed by atoms with Crippen molar-refractivity contribution in [3.63, 3.8) is 0 Å². The number of fused-ring (bicyclic) bond motifs is 2. The molecule has 0 aromatic carbocycles. The summed E-state index contributed by atoms with van der Waals surface area (Å²) in [7, 11) is 2.34. The molecule has 4 nitrogen and oxygen atoms in total. The zero-order valence-electron chi connectivity index (χ0n) is 14.9. The van der Waals surface area contributed by atoms with E-state index in [0.29, 0.717) is 18.1 Å². The van der Waals surface area contributed by atoms with Crippen LogP contribution in [0.25, 0.3) is 0 Å². The molecule has 6 atom stereocenters. The average Bonchev–Trinajstić information content (AvgIpc) is 2.58. The smallest absolute Gasteiger partial charge is 0.0286 e. The number of nitrogens with zero attached hydrogens (tertiary/aromatic N) is 2. The van der Waals surface area contributed by atoms with Crippen molar-refractivity contribution in [3.05, 3.63) is 0 Å². The minimum Gasteiger partial charge on any atom is -0.327 e. The highest BCUT2D eigenvalue weighted by atomic mass is 15.5. The predicted octanol–water partition coefficient (Wildman–Crippen LogP) is 2.35. The molecular formula is C19H36N4. The van der Waals surface area contributed by atoms with Crippen molar-refractivity contribution in [1.82, 2.24) is 15.3 Å². The highest BCUT2D eigenvalue weighted by Gasteiger charge is 2.42. The Kier molecular flexibility index (Phi) is 4.96. The molecule has 0 aromatic heterocycles.